The Balaban J connectivity index is 1.57. The van der Waals surface area contributed by atoms with E-state index in [0.29, 0.717) is 12.1 Å². The first kappa shape index (κ1) is 12.7. The fourth-order valence-electron chi connectivity index (χ4n) is 2.38. The third-order valence-electron chi connectivity index (χ3n) is 3.47. The molecular formula is C16H17N3O. The molecule has 0 aliphatic carbocycles. The summed E-state index contributed by atoms with van der Waals surface area (Å²) in [5.74, 6) is -0.0302. The predicted octanol–water partition coefficient (Wildman–Crippen LogP) is 2.02. The fraction of sp³-hybridized carbons (Fsp3) is 0.250. The van der Waals surface area contributed by atoms with E-state index in [1.165, 1.54) is 5.56 Å². The van der Waals surface area contributed by atoms with E-state index >= 15 is 0 Å². The van der Waals surface area contributed by atoms with Crippen LogP contribution in [0.2, 0.25) is 0 Å². The normalized spacial score (nSPS) is 12.6. The SMILES string of the molecule is O=C(NCCc1ccccn1)c1ccc2c(c1)NCC2. The van der Waals surface area contributed by atoms with Gasteiger partial charge in [-0.15, -0.1) is 0 Å². The van der Waals surface area contributed by atoms with Gasteiger partial charge in [0, 0.05) is 42.7 Å². The van der Waals surface area contributed by atoms with Crippen LogP contribution in [-0.4, -0.2) is 24.0 Å². The number of benzene rings is 1. The Morgan fingerprint density at radius 3 is 3.10 bits per heavy atom. The Kier molecular flexibility index (Phi) is 3.63. The molecule has 0 saturated heterocycles. The van der Waals surface area contributed by atoms with Crippen molar-refractivity contribution in [1.29, 1.82) is 0 Å². The van der Waals surface area contributed by atoms with Crippen molar-refractivity contribution in [2.45, 2.75) is 12.8 Å². The molecule has 3 rings (SSSR count). The van der Waals surface area contributed by atoms with Crippen molar-refractivity contribution in [3.63, 3.8) is 0 Å². The van der Waals surface area contributed by atoms with Gasteiger partial charge < -0.3 is 10.6 Å². The Morgan fingerprint density at radius 1 is 1.30 bits per heavy atom. The van der Waals surface area contributed by atoms with Gasteiger partial charge in [-0.1, -0.05) is 12.1 Å². The number of nitrogens with one attached hydrogen (secondary N) is 2. The number of pyridine rings is 1. The summed E-state index contributed by atoms with van der Waals surface area (Å²) in [7, 11) is 0. The molecule has 102 valence electrons. The zero-order valence-corrected chi connectivity index (χ0v) is 11.2. The van der Waals surface area contributed by atoms with Crippen LogP contribution in [0.4, 0.5) is 5.69 Å². The lowest BCUT2D eigenvalue weighted by molar-refractivity contribution is 0.0954. The van der Waals surface area contributed by atoms with E-state index in [4.69, 9.17) is 0 Å². The molecule has 1 aromatic carbocycles. The topological polar surface area (TPSA) is 54.0 Å². The Labute approximate surface area is 118 Å². The molecule has 0 bridgehead atoms. The van der Waals surface area contributed by atoms with Crippen LogP contribution >= 0.6 is 0 Å². The molecule has 20 heavy (non-hydrogen) atoms. The predicted molar refractivity (Wildman–Crippen MR) is 78.9 cm³/mol. The molecule has 2 N–H and O–H groups in total. The van der Waals surface area contributed by atoms with Gasteiger partial charge in [-0.3, -0.25) is 9.78 Å². The minimum absolute atomic E-state index is 0.0302. The number of rotatable bonds is 4. The van der Waals surface area contributed by atoms with Crippen LogP contribution in [0.25, 0.3) is 0 Å². The Morgan fingerprint density at radius 2 is 2.25 bits per heavy atom. The van der Waals surface area contributed by atoms with E-state index in [1.54, 1.807) is 6.20 Å². The zero-order chi connectivity index (χ0) is 13.8. The second kappa shape index (κ2) is 5.74. The number of hydrogen-bond acceptors (Lipinski definition) is 3. The van der Waals surface area contributed by atoms with E-state index in [-0.39, 0.29) is 5.91 Å². The summed E-state index contributed by atoms with van der Waals surface area (Å²) in [5, 5.41) is 6.22. The summed E-state index contributed by atoms with van der Waals surface area (Å²) in [4.78, 5) is 16.3. The molecule has 4 nitrogen and oxygen atoms in total. The van der Waals surface area contributed by atoms with Crippen LogP contribution < -0.4 is 10.6 Å². The van der Waals surface area contributed by atoms with Crippen molar-refractivity contribution in [2.24, 2.45) is 0 Å². The molecule has 1 aliphatic rings. The number of amides is 1. The number of carbonyl (C=O) groups is 1. The smallest absolute Gasteiger partial charge is 0.251 e. The van der Waals surface area contributed by atoms with Crippen LogP contribution in [0.15, 0.2) is 42.6 Å². The molecule has 0 atom stereocenters. The third-order valence-corrected chi connectivity index (χ3v) is 3.47. The maximum absolute atomic E-state index is 12.1. The van der Waals surface area contributed by atoms with Crippen molar-refractivity contribution < 1.29 is 4.79 Å². The van der Waals surface area contributed by atoms with E-state index in [1.807, 2.05) is 36.4 Å². The number of fused-ring (bicyclic) bond motifs is 1. The first-order valence-electron chi connectivity index (χ1n) is 6.88. The summed E-state index contributed by atoms with van der Waals surface area (Å²) < 4.78 is 0. The average molecular weight is 267 g/mol. The lowest BCUT2D eigenvalue weighted by Gasteiger charge is -2.07. The number of anilines is 1. The molecule has 0 fully saturated rings. The molecular weight excluding hydrogens is 250 g/mol. The standard InChI is InChI=1S/C16H17N3O/c20-16(19-10-7-14-3-1-2-8-17-14)13-5-4-12-6-9-18-15(12)11-13/h1-5,8,11,18H,6-7,9-10H2,(H,19,20). The second-order valence-corrected chi connectivity index (χ2v) is 4.88. The summed E-state index contributed by atoms with van der Waals surface area (Å²) in [6.07, 6.45) is 3.55. The maximum atomic E-state index is 12.1. The largest absolute Gasteiger partial charge is 0.384 e. The van der Waals surface area contributed by atoms with Gasteiger partial charge in [0.15, 0.2) is 0 Å². The lowest BCUT2D eigenvalue weighted by Crippen LogP contribution is -2.25. The van der Waals surface area contributed by atoms with Gasteiger partial charge in [-0.05, 0) is 36.2 Å². The van der Waals surface area contributed by atoms with Crippen molar-refractivity contribution in [3.05, 3.63) is 59.4 Å². The molecule has 0 radical (unpaired) electrons. The highest BCUT2D eigenvalue weighted by molar-refractivity contribution is 5.95. The summed E-state index contributed by atoms with van der Waals surface area (Å²) in [6, 6.07) is 11.7. The molecule has 1 amide bonds. The van der Waals surface area contributed by atoms with Crippen LogP contribution in [0.5, 0.6) is 0 Å². The van der Waals surface area contributed by atoms with Gasteiger partial charge in [-0.2, -0.15) is 0 Å². The maximum Gasteiger partial charge on any atom is 0.251 e. The van der Waals surface area contributed by atoms with Crippen molar-refractivity contribution >= 4 is 11.6 Å². The van der Waals surface area contributed by atoms with E-state index in [0.717, 1.165) is 30.8 Å². The molecule has 2 aromatic rings. The molecule has 0 unspecified atom stereocenters. The van der Waals surface area contributed by atoms with Crippen molar-refractivity contribution in [3.8, 4) is 0 Å². The van der Waals surface area contributed by atoms with Crippen LogP contribution in [0.1, 0.15) is 21.6 Å². The Bertz CT molecular complexity index is 610. The summed E-state index contributed by atoms with van der Waals surface area (Å²) in [5.41, 5.74) is 4.07. The van der Waals surface area contributed by atoms with E-state index in [2.05, 4.69) is 15.6 Å². The molecule has 4 heteroatoms. The minimum Gasteiger partial charge on any atom is -0.384 e. The first-order valence-corrected chi connectivity index (χ1v) is 6.88. The van der Waals surface area contributed by atoms with Crippen LogP contribution in [-0.2, 0) is 12.8 Å². The second-order valence-electron chi connectivity index (χ2n) is 4.88. The average Bonchev–Trinajstić information content (AvgIpc) is 2.95. The lowest BCUT2D eigenvalue weighted by atomic mass is 10.1. The highest BCUT2D eigenvalue weighted by Gasteiger charge is 2.13. The molecule has 2 heterocycles. The van der Waals surface area contributed by atoms with Gasteiger partial charge in [0.1, 0.15) is 0 Å². The number of nitrogens with zero attached hydrogens (tertiary/aromatic N) is 1. The number of hydrogen-bond donors (Lipinski definition) is 2. The van der Waals surface area contributed by atoms with Gasteiger partial charge in [0.2, 0.25) is 0 Å². The zero-order valence-electron chi connectivity index (χ0n) is 11.2. The van der Waals surface area contributed by atoms with Crippen LogP contribution in [0.3, 0.4) is 0 Å². The quantitative estimate of drug-likeness (QED) is 0.891. The third kappa shape index (κ3) is 2.79. The molecule has 1 aliphatic heterocycles. The molecule has 0 saturated carbocycles. The monoisotopic (exact) mass is 267 g/mol. The molecule has 0 spiro atoms. The summed E-state index contributed by atoms with van der Waals surface area (Å²) >= 11 is 0. The van der Waals surface area contributed by atoms with Crippen LogP contribution in [0, 0.1) is 0 Å². The minimum atomic E-state index is -0.0302. The van der Waals surface area contributed by atoms with Gasteiger partial charge in [-0.25, -0.2) is 0 Å². The van der Waals surface area contributed by atoms with Gasteiger partial charge in [0.05, 0.1) is 0 Å². The summed E-state index contributed by atoms with van der Waals surface area (Å²) in [6.45, 7) is 1.56. The fourth-order valence-corrected chi connectivity index (χ4v) is 2.38. The first-order chi connectivity index (χ1) is 9.83. The number of carbonyl (C=O) groups excluding carboxylic acids is 1. The highest BCUT2D eigenvalue weighted by Crippen LogP contribution is 2.23. The van der Waals surface area contributed by atoms with E-state index in [9.17, 15) is 4.79 Å². The van der Waals surface area contributed by atoms with Crippen molar-refractivity contribution in [2.75, 3.05) is 18.4 Å². The van der Waals surface area contributed by atoms with Gasteiger partial charge >= 0.3 is 0 Å². The van der Waals surface area contributed by atoms with Crippen molar-refractivity contribution in [1.82, 2.24) is 10.3 Å². The van der Waals surface area contributed by atoms with E-state index < -0.39 is 0 Å². The highest BCUT2D eigenvalue weighted by atomic mass is 16.1. The number of aromatic nitrogens is 1. The Hall–Kier alpha value is -2.36. The molecule has 1 aromatic heterocycles. The van der Waals surface area contributed by atoms with Gasteiger partial charge in [0.25, 0.3) is 5.91 Å².